The van der Waals surface area contributed by atoms with Gasteiger partial charge in [0.1, 0.15) is 4.99 Å². The first kappa shape index (κ1) is 35.0. The Bertz CT molecular complexity index is 1570. The minimum Gasteiger partial charge on any atom is -0.389 e. The van der Waals surface area contributed by atoms with E-state index in [1.54, 1.807) is 0 Å². The molecule has 43 heavy (non-hydrogen) atoms. The molecule has 1 amide bonds. The largest absolute Gasteiger partial charge is 0.511 e. The van der Waals surface area contributed by atoms with Gasteiger partial charge in [-0.05, 0) is 36.1 Å². The summed E-state index contributed by atoms with van der Waals surface area (Å²) >= 11 is 5.15. The third-order valence-corrected chi connectivity index (χ3v) is 9.50. The van der Waals surface area contributed by atoms with Crippen molar-refractivity contribution >= 4 is 68.9 Å². The summed E-state index contributed by atoms with van der Waals surface area (Å²) in [5, 5.41) is 10.2. The molecule has 9 nitrogen and oxygen atoms in total. The molecule has 16 heteroatoms. The predicted octanol–water partition coefficient (Wildman–Crippen LogP) is 3.45. The molecule has 0 saturated carbocycles. The maximum atomic E-state index is 13.1. The molecule has 2 aliphatic heterocycles. The Morgan fingerprint density at radius 1 is 1.09 bits per heavy atom. The Morgan fingerprint density at radius 2 is 1.81 bits per heavy atom. The van der Waals surface area contributed by atoms with Crippen LogP contribution < -0.4 is 21.7 Å². The van der Waals surface area contributed by atoms with Gasteiger partial charge in [-0.3, -0.25) is 4.79 Å². The van der Waals surface area contributed by atoms with Crippen molar-refractivity contribution in [3.05, 3.63) is 59.8 Å². The number of amides is 1. The van der Waals surface area contributed by atoms with Gasteiger partial charge in [-0.2, -0.15) is 17.5 Å². The van der Waals surface area contributed by atoms with Gasteiger partial charge in [-0.25, -0.2) is 8.42 Å². The van der Waals surface area contributed by atoms with Crippen molar-refractivity contribution in [1.29, 1.82) is 0 Å². The zero-order valence-electron chi connectivity index (χ0n) is 22.9. The SMILES string of the molecule is Cl.Cl.NC(=S)c1cccc(-c2cn(C3CCN(S(=O)(=O)C(F)(F)F)CC3)c3cc(CNC(=O)C4CNCCN4)ccc23)c1. The van der Waals surface area contributed by atoms with Gasteiger partial charge in [-0.1, -0.05) is 42.5 Å². The highest BCUT2D eigenvalue weighted by atomic mass is 35.5. The van der Waals surface area contributed by atoms with Crippen LogP contribution in [0.2, 0.25) is 0 Å². The maximum Gasteiger partial charge on any atom is 0.511 e. The zero-order chi connectivity index (χ0) is 29.4. The number of piperidine rings is 1. The van der Waals surface area contributed by atoms with E-state index in [4.69, 9.17) is 18.0 Å². The Balaban J connectivity index is 0.00000253. The van der Waals surface area contributed by atoms with E-state index in [0.29, 0.717) is 29.5 Å². The summed E-state index contributed by atoms with van der Waals surface area (Å²) < 4.78 is 65.8. The van der Waals surface area contributed by atoms with Crippen LogP contribution in [0, 0.1) is 0 Å². The number of benzene rings is 2. The van der Waals surface area contributed by atoms with E-state index in [0.717, 1.165) is 34.1 Å². The van der Waals surface area contributed by atoms with Crippen LogP contribution >= 0.6 is 37.0 Å². The van der Waals surface area contributed by atoms with E-state index in [1.165, 1.54) is 0 Å². The number of nitrogens with zero attached hydrogens (tertiary/aromatic N) is 2. The highest BCUT2D eigenvalue weighted by molar-refractivity contribution is 7.90. The minimum absolute atomic E-state index is 0. The number of alkyl halides is 3. The Morgan fingerprint density at radius 3 is 2.44 bits per heavy atom. The molecule has 0 bridgehead atoms. The van der Waals surface area contributed by atoms with Gasteiger partial charge < -0.3 is 26.3 Å². The highest BCUT2D eigenvalue weighted by Crippen LogP contribution is 2.38. The van der Waals surface area contributed by atoms with Crippen molar-refractivity contribution in [3.8, 4) is 11.1 Å². The number of hydrogen-bond acceptors (Lipinski definition) is 6. The van der Waals surface area contributed by atoms with E-state index < -0.39 is 15.5 Å². The van der Waals surface area contributed by atoms with E-state index in [9.17, 15) is 26.4 Å². The molecule has 236 valence electrons. The van der Waals surface area contributed by atoms with Gasteiger partial charge in [0, 0.05) is 73.5 Å². The third-order valence-electron chi connectivity index (χ3n) is 7.63. The summed E-state index contributed by atoms with van der Waals surface area (Å²) in [6, 6.07) is 12.8. The molecule has 1 unspecified atom stereocenters. The van der Waals surface area contributed by atoms with Crippen molar-refractivity contribution < 1.29 is 26.4 Å². The average Bonchev–Trinajstić information content (AvgIpc) is 3.35. The quantitative estimate of drug-likeness (QED) is 0.282. The van der Waals surface area contributed by atoms with Gasteiger partial charge in [0.15, 0.2) is 0 Å². The smallest absolute Gasteiger partial charge is 0.389 e. The number of hydrogen-bond donors (Lipinski definition) is 4. The second-order valence-corrected chi connectivity index (χ2v) is 12.6. The molecule has 3 heterocycles. The summed E-state index contributed by atoms with van der Waals surface area (Å²) in [4.78, 5) is 12.9. The lowest BCUT2D eigenvalue weighted by atomic mass is 10.0. The molecule has 3 aromatic rings. The van der Waals surface area contributed by atoms with E-state index in [-0.39, 0.29) is 73.7 Å². The standard InChI is InChI=1S/C27H31F3N6O3S2.2ClH/c28-27(29,30)41(38,39)35-10-6-20(7-11-35)36-16-22(18-2-1-3-19(13-18)25(31)40)21-5-4-17(12-24(21)36)14-34-26(37)23-15-32-8-9-33-23;;/h1-5,12-13,16,20,23,32-33H,6-11,14-15H2,(H2,31,40)(H,34,37);2*1H. The molecule has 5 rings (SSSR count). The molecule has 2 fully saturated rings. The van der Waals surface area contributed by atoms with Crippen LogP contribution in [0.3, 0.4) is 0 Å². The first-order valence-corrected chi connectivity index (χ1v) is 15.1. The fourth-order valence-corrected chi connectivity index (χ4v) is 6.55. The number of rotatable bonds is 7. The van der Waals surface area contributed by atoms with Gasteiger partial charge in [0.25, 0.3) is 0 Å². The molecule has 5 N–H and O–H groups in total. The topological polar surface area (TPSA) is 121 Å². The van der Waals surface area contributed by atoms with Gasteiger partial charge in [-0.15, -0.1) is 24.8 Å². The van der Waals surface area contributed by atoms with Crippen LogP contribution in [0.4, 0.5) is 13.2 Å². The molecule has 0 radical (unpaired) electrons. The molecule has 1 aromatic heterocycles. The van der Waals surface area contributed by atoms with Crippen LogP contribution in [-0.2, 0) is 21.4 Å². The number of nitrogens with two attached hydrogens (primary N) is 1. The Hall–Kier alpha value is -2.46. The zero-order valence-corrected chi connectivity index (χ0v) is 26.2. The number of piperazine rings is 1. The van der Waals surface area contributed by atoms with E-state index in [2.05, 4.69) is 16.0 Å². The second kappa shape index (κ2) is 14.1. The number of carbonyl (C=O) groups is 1. The van der Waals surface area contributed by atoms with Gasteiger partial charge in [0.05, 0.1) is 6.04 Å². The molecule has 1 atom stereocenters. The van der Waals surface area contributed by atoms with Crippen LogP contribution in [0.5, 0.6) is 0 Å². The molecular formula is C27H33Cl2F3N6O3S2. The highest BCUT2D eigenvalue weighted by Gasteiger charge is 2.50. The van der Waals surface area contributed by atoms with Crippen molar-refractivity contribution in [3.63, 3.8) is 0 Å². The first-order chi connectivity index (χ1) is 19.5. The van der Waals surface area contributed by atoms with Crippen molar-refractivity contribution in [2.24, 2.45) is 5.73 Å². The molecule has 2 aliphatic rings. The number of aromatic nitrogens is 1. The number of halogens is 5. The van der Waals surface area contributed by atoms with Gasteiger partial charge in [0.2, 0.25) is 5.91 Å². The monoisotopic (exact) mass is 680 g/mol. The second-order valence-electron chi connectivity index (χ2n) is 10.3. The van der Waals surface area contributed by atoms with Gasteiger partial charge >= 0.3 is 15.5 Å². The average molecular weight is 682 g/mol. The summed E-state index contributed by atoms with van der Waals surface area (Å²) in [6.45, 7) is 1.88. The molecule has 0 aliphatic carbocycles. The van der Waals surface area contributed by atoms with Crippen LogP contribution in [0.25, 0.3) is 22.0 Å². The van der Waals surface area contributed by atoms with Crippen LogP contribution in [0.1, 0.15) is 30.0 Å². The molecular weight excluding hydrogens is 648 g/mol. The predicted molar refractivity (Wildman–Crippen MR) is 169 cm³/mol. The molecule has 2 aromatic carbocycles. The number of carbonyl (C=O) groups excluding carboxylic acids is 1. The first-order valence-electron chi connectivity index (χ1n) is 13.3. The molecule has 0 spiro atoms. The lowest BCUT2D eigenvalue weighted by molar-refractivity contribution is -0.123. The summed E-state index contributed by atoms with van der Waals surface area (Å²) in [6.07, 6.45) is 2.38. The van der Waals surface area contributed by atoms with Crippen LogP contribution in [-0.4, -0.2) is 72.5 Å². The lowest BCUT2D eigenvalue weighted by Crippen LogP contribution is -2.55. The fourth-order valence-electron chi connectivity index (χ4n) is 5.44. The third kappa shape index (κ3) is 7.44. The number of sulfonamides is 1. The number of thiocarbonyl (C=S) groups is 1. The summed E-state index contributed by atoms with van der Waals surface area (Å²) in [7, 11) is -5.38. The summed E-state index contributed by atoms with van der Waals surface area (Å²) in [5.41, 5.74) is 4.67. The lowest BCUT2D eigenvalue weighted by Gasteiger charge is -2.32. The van der Waals surface area contributed by atoms with E-state index >= 15 is 0 Å². The van der Waals surface area contributed by atoms with Crippen molar-refractivity contribution in [2.45, 2.75) is 37.0 Å². The normalized spacial score (nSPS) is 18.4. The fraction of sp³-hybridized carbons (Fsp3) is 0.407. The Labute approximate surface area is 265 Å². The van der Waals surface area contributed by atoms with Crippen molar-refractivity contribution in [1.82, 2.24) is 24.8 Å². The van der Waals surface area contributed by atoms with Crippen LogP contribution in [0.15, 0.2) is 48.7 Å². The number of nitrogens with one attached hydrogen (secondary N) is 3. The minimum atomic E-state index is -5.38. The van der Waals surface area contributed by atoms with E-state index in [1.807, 2.05) is 53.2 Å². The number of fused-ring (bicyclic) bond motifs is 1. The summed E-state index contributed by atoms with van der Waals surface area (Å²) in [5.74, 6) is -0.110. The van der Waals surface area contributed by atoms with Crippen molar-refractivity contribution in [2.75, 3.05) is 32.7 Å². The molecule has 2 saturated heterocycles. The Kier molecular flexibility index (Phi) is 11.5. The maximum absolute atomic E-state index is 13.1.